The van der Waals surface area contributed by atoms with Crippen LogP contribution in [0.5, 0.6) is 0 Å². The second-order valence-corrected chi connectivity index (χ2v) is 4.70. The first-order valence-electron chi connectivity index (χ1n) is 5.73. The van der Waals surface area contributed by atoms with Gasteiger partial charge in [-0.3, -0.25) is 0 Å². The maximum Gasteiger partial charge on any atom is 0.341 e. The molecule has 2 N–H and O–H groups in total. The number of nitrogens with two attached hydrogens (primary N) is 1. The summed E-state index contributed by atoms with van der Waals surface area (Å²) in [6.07, 6.45) is 0.452. The van der Waals surface area contributed by atoms with Crippen LogP contribution in [-0.2, 0) is 9.47 Å². The van der Waals surface area contributed by atoms with Crippen LogP contribution in [-0.4, -0.2) is 25.3 Å². The van der Waals surface area contributed by atoms with Gasteiger partial charge in [0, 0.05) is 19.6 Å². The van der Waals surface area contributed by atoms with Gasteiger partial charge in [0.05, 0.1) is 23.5 Å². The van der Waals surface area contributed by atoms with Crippen molar-refractivity contribution in [1.29, 1.82) is 0 Å². The highest BCUT2D eigenvalue weighted by atomic mass is 19.1. The van der Waals surface area contributed by atoms with Gasteiger partial charge >= 0.3 is 5.97 Å². The molecule has 0 bridgehead atoms. The Hall–Kier alpha value is -1.69. The van der Waals surface area contributed by atoms with E-state index in [9.17, 15) is 13.6 Å². The number of benzene rings is 1. The van der Waals surface area contributed by atoms with Crippen molar-refractivity contribution in [3.63, 3.8) is 0 Å². The van der Waals surface area contributed by atoms with Crippen LogP contribution in [0, 0.1) is 11.6 Å². The third kappa shape index (κ3) is 4.17. The van der Waals surface area contributed by atoms with E-state index in [1.165, 1.54) is 0 Å². The molecule has 0 saturated carbocycles. The molecule has 1 aromatic carbocycles. The van der Waals surface area contributed by atoms with Gasteiger partial charge in [0.15, 0.2) is 0 Å². The molecular weight excluding hydrogens is 256 g/mol. The highest BCUT2D eigenvalue weighted by molar-refractivity contribution is 5.90. The first-order chi connectivity index (χ1) is 8.76. The van der Waals surface area contributed by atoms with Crippen LogP contribution in [0.4, 0.5) is 14.5 Å². The van der Waals surface area contributed by atoms with E-state index < -0.39 is 23.2 Å². The Kier molecular flexibility index (Phi) is 4.83. The van der Waals surface area contributed by atoms with Crippen LogP contribution in [0.15, 0.2) is 12.1 Å². The quantitative estimate of drug-likeness (QED) is 0.661. The molecule has 0 amide bonds. The summed E-state index contributed by atoms with van der Waals surface area (Å²) in [6, 6.07) is 1.49. The van der Waals surface area contributed by atoms with E-state index in [0.717, 1.165) is 6.07 Å². The first kappa shape index (κ1) is 15.4. The van der Waals surface area contributed by atoms with Crippen molar-refractivity contribution in [2.75, 3.05) is 19.5 Å². The summed E-state index contributed by atoms with van der Waals surface area (Å²) in [5.74, 6) is -2.78. The molecule has 6 heteroatoms. The number of rotatable bonds is 5. The lowest BCUT2D eigenvalue weighted by Gasteiger charge is -2.22. The average Bonchev–Trinajstić information content (AvgIpc) is 2.33. The molecule has 0 radical (unpaired) electrons. The van der Waals surface area contributed by atoms with E-state index in [1.54, 1.807) is 7.11 Å². The molecule has 0 aromatic heterocycles. The van der Waals surface area contributed by atoms with Gasteiger partial charge in [0.25, 0.3) is 0 Å². The second-order valence-electron chi connectivity index (χ2n) is 4.70. The molecule has 106 valence electrons. The zero-order valence-electron chi connectivity index (χ0n) is 11.1. The fourth-order valence-electron chi connectivity index (χ4n) is 1.29. The highest BCUT2D eigenvalue weighted by Crippen LogP contribution is 2.18. The van der Waals surface area contributed by atoms with E-state index in [0.29, 0.717) is 12.5 Å². The van der Waals surface area contributed by atoms with E-state index in [4.69, 9.17) is 15.2 Å². The largest absolute Gasteiger partial charge is 0.462 e. The Bertz CT molecular complexity index is 475. The smallest absolute Gasteiger partial charge is 0.341 e. The van der Waals surface area contributed by atoms with Gasteiger partial charge < -0.3 is 15.2 Å². The van der Waals surface area contributed by atoms with Crippen molar-refractivity contribution in [3.8, 4) is 0 Å². The molecule has 0 saturated heterocycles. The van der Waals surface area contributed by atoms with Gasteiger partial charge in [-0.05, 0) is 19.9 Å². The Balaban J connectivity index is 2.67. The third-order valence-corrected chi connectivity index (χ3v) is 2.80. The maximum absolute atomic E-state index is 13.4. The SMILES string of the molecule is COC(C)(C)CCOC(=O)c1cc(N)c(F)cc1F. The van der Waals surface area contributed by atoms with Crippen LogP contribution in [0.25, 0.3) is 0 Å². The van der Waals surface area contributed by atoms with Crippen molar-refractivity contribution in [2.45, 2.75) is 25.9 Å². The minimum absolute atomic E-state index is 0.0659. The summed E-state index contributed by atoms with van der Waals surface area (Å²) in [5, 5.41) is 0. The molecule has 0 fully saturated rings. The number of carbonyl (C=O) groups excluding carboxylic acids is 1. The molecule has 0 heterocycles. The second kappa shape index (κ2) is 5.97. The third-order valence-electron chi connectivity index (χ3n) is 2.80. The fourth-order valence-corrected chi connectivity index (χ4v) is 1.29. The van der Waals surface area contributed by atoms with Gasteiger partial charge in [0.1, 0.15) is 11.6 Å². The lowest BCUT2D eigenvalue weighted by molar-refractivity contribution is -0.00574. The lowest BCUT2D eigenvalue weighted by Crippen LogP contribution is -2.25. The van der Waals surface area contributed by atoms with E-state index >= 15 is 0 Å². The van der Waals surface area contributed by atoms with Crippen molar-refractivity contribution in [2.24, 2.45) is 0 Å². The number of esters is 1. The van der Waals surface area contributed by atoms with Crippen LogP contribution in [0.2, 0.25) is 0 Å². The van der Waals surface area contributed by atoms with Gasteiger partial charge in [0.2, 0.25) is 0 Å². The molecule has 4 nitrogen and oxygen atoms in total. The maximum atomic E-state index is 13.4. The molecule has 19 heavy (non-hydrogen) atoms. The first-order valence-corrected chi connectivity index (χ1v) is 5.73. The standard InChI is InChI=1S/C13H17F2NO3/c1-13(2,18-3)4-5-19-12(17)8-6-11(16)10(15)7-9(8)14/h6-7H,4-5,16H2,1-3H3. The Morgan fingerprint density at radius 3 is 2.53 bits per heavy atom. The van der Waals surface area contributed by atoms with Crippen molar-refractivity contribution < 1.29 is 23.0 Å². The molecule has 1 aromatic rings. The Morgan fingerprint density at radius 1 is 1.32 bits per heavy atom. The predicted molar refractivity (Wildman–Crippen MR) is 66.8 cm³/mol. The minimum Gasteiger partial charge on any atom is -0.462 e. The van der Waals surface area contributed by atoms with Crippen molar-refractivity contribution >= 4 is 11.7 Å². The summed E-state index contributed by atoms with van der Waals surface area (Å²) in [5.41, 5.74) is 4.15. The highest BCUT2D eigenvalue weighted by Gasteiger charge is 2.19. The molecule has 1 rings (SSSR count). The molecular formula is C13H17F2NO3. The Labute approximate surface area is 110 Å². The number of carbonyl (C=O) groups is 1. The molecule has 0 spiro atoms. The number of nitrogen functional groups attached to an aromatic ring is 1. The normalized spacial score (nSPS) is 11.4. The molecule has 0 unspecified atom stereocenters. The van der Waals surface area contributed by atoms with E-state index in [-0.39, 0.29) is 17.9 Å². The number of halogens is 2. The number of methoxy groups -OCH3 is 1. The number of ether oxygens (including phenoxy) is 2. The summed E-state index contributed by atoms with van der Waals surface area (Å²) < 4.78 is 36.4. The van der Waals surface area contributed by atoms with Crippen LogP contribution < -0.4 is 5.73 Å². The molecule has 0 aliphatic rings. The summed E-state index contributed by atoms with van der Waals surface area (Å²) in [6.45, 7) is 3.73. The summed E-state index contributed by atoms with van der Waals surface area (Å²) in [4.78, 5) is 11.6. The number of anilines is 1. The van der Waals surface area contributed by atoms with Crippen LogP contribution in [0.3, 0.4) is 0 Å². The molecule has 0 atom stereocenters. The zero-order chi connectivity index (χ0) is 14.6. The van der Waals surface area contributed by atoms with Gasteiger partial charge in [-0.1, -0.05) is 0 Å². The van der Waals surface area contributed by atoms with Crippen LogP contribution >= 0.6 is 0 Å². The summed E-state index contributed by atoms with van der Waals surface area (Å²) >= 11 is 0. The predicted octanol–water partition coefficient (Wildman–Crippen LogP) is 2.52. The topological polar surface area (TPSA) is 61.5 Å². The van der Waals surface area contributed by atoms with E-state index in [1.807, 2.05) is 13.8 Å². The molecule has 0 aliphatic carbocycles. The number of hydrogen-bond acceptors (Lipinski definition) is 4. The monoisotopic (exact) mass is 273 g/mol. The zero-order valence-corrected chi connectivity index (χ0v) is 11.1. The average molecular weight is 273 g/mol. The van der Waals surface area contributed by atoms with E-state index in [2.05, 4.69) is 0 Å². The van der Waals surface area contributed by atoms with Crippen molar-refractivity contribution in [3.05, 3.63) is 29.3 Å². The molecule has 0 aliphatic heterocycles. The summed E-state index contributed by atoms with van der Waals surface area (Å²) in [7, 11) is 1.54. The van der Waals surface area contributed by atoms with Crippen molar-refractivity contribution in [1.82, 2.24) is 0 Å². The minimum atomic E-state index is -0.997. The van der Waals surface area contributed by atoms with Crippen LogP contribution in [0.1, 0.15) is 30.6 Å². The van der Waals surface area contributed by atoms with Gasteiger partial charge in [-0.2, -0.15) is 0 Å². The fraction of sp³-hybridized carbons (Fsp3) is 0.462. The number of hydrogen-bond donors (Lipinski definition) is 1. The van der Waals surface area contributed by atoms with Gasteiger partial charge in [-0.25, -0.2) is 13.6 Å². The Morgan fingerprint density at radius 2 is 1.95 bits per heavy atom. The lowest BCUT2D eigenvalue weighted by atomic mass is 10.1. The van der Waals surface area contributed by atoms with Gasteiger partial charge in [-0.15, -0.1) is 0 Å².